The Kier molecular flexibility index (Phi) is 5.88. The van der Waals surface area contributed by atoms with E-state index in [-0.39, 0.29) is 17.7 Å². The molecule has 112 valence electrons. The van der Waals surface area contributed by atoms with Crippen LogP contribution in [0.4, 0.5) is 8.78 Å². The van der Waals surface area contributed by atoms with Crippen LogP contribution < -0.4 is 5.32 Å². The summed E-state index contributed by atoms with van der Waals surface area (Å²) in [6.45, 7) is 2.90. The second-order valence-electron chi connectivity index (χ2n) is 4.98. The molecule has 0 heterocycles. The summed E-state index contributed by atoms with van der Waals surface area (Å²) >= 11 is 3.21. The minimum atomic E-state index is -0.293. The first-order valence-corrected chi connectivity index (χ1v) is 7.83. The van der Waals surface area contributed by atoms with E-state index in [2.05, 4.69) is 28.2 Å². The molecule has 0 aromatic heterocycles. The van der Waals surface area contributed by atoms with Crippen molar-refractivity contribution < 1.29 is 8.78 Å². The zero-order chi connectivity index (χ0) is 15.2. The first kappa shape index (κ1) is 16.1. The number of nitrogens with one attached hydrogen (secondary N) is 1. The van der Waals surface area contributed by atoms with Crippen LogP contribution in [-0.4, -0.2) is 6.54 Å². The van der Waals surface area contributed by atoms with Gasteiger partial charge in [-0.15, -0.1) is 0 Å². The SMILES string of the molecule is CCCNC(Cc1ccccc1F)c1ccc(F)c(Br)c1. The van der Waals surface area contributed by atoms with E-state index in [0.29, 0.717) is 16.5 Å². The Balaban J connectivity index is 2.25. The first-order chi connectivity index (χ1) is 10.1. The second kappa shape index (κ2) is 7.66. The van der Waals surface area contributed by atoms with E-state index in [9.17, 15) is 8.78 Å². The van der Waals surface area contributed by atoms with Gasteiger partial charge in [0, 0.05) is 6.04 Å². The molecule has 1 unspecified atom stereocenters. The number of rotatable bonds is 6. The Bertz CT molecular complexity index is 601. The van der Waals surface area contributed by atoms with E-state index in [0.717, 1.165) is 18.5 Å². The Hall–Kier alpha value is -1.26. The van der Waals surface area contributed by atoms with Crippen LogP contribution in [0, 0.1) is 11.6 Å². The van der Waals surface area contributed by atoms with Gasteiger partial charge in [0.1, 0.15) is 11.6 Å². The van der Waals surface area contributed by atoms with Crippen molar-refractivity contribution in [2.45, 2.75) is 25.8 Å². The molecular weight excluding hydrogens is 336 g/mol. The van der Waals surface area contributed by atoms with Crippen molar-refractivity contribution in [2.24, 2.45) is 0 Å². The third-order valence-electron chi connectivity index (χ3n) is 3.37. The molecule has 21 heavy (non-hydrogen) atoms. The molecule has 2 aromatic carbocycles. The van der Waals surface area contributed by atoms with Gasteiger partial charge in [0.15, 0.2) is 0 Å². The van der Waals surface area contributed by atoms with Crippen molar-refractivity contribution in [3.8, 4) is 0 Å². The van der Waals surface area contributed by atoms with Gasteiger partial charge in [0.05, 0.1) is 4.47 Å². The molecule has 0 aliphatic rings. The average Bonchev–Trinajstić information content (AvgIpc) is 2.48. The van der Waals surface area contributed by atoms with Gasteiger partial charge in [-0.1, -0.05) is 31.2 Å². The van der Waals surface area contributed by atoms with Crippen molar-refractivity contribution in [3.63, 3.8) is 0 Å². The zero-order valence-electron chi connectivity index (χ0n) is 11.9. The lowest BCUT2D eigenvalue weighted by Crippen LogP contribution is -2.24. The lowest BCUT2D eigenvalue weighted by molar-refractivity contribution is 0.511. The summed E-state index contributed by atoms with van der Waals surface area (Å²) < 4.78 is 27.6. The zero-order valence-corrected chi connectivity index (χ0v) is 13.5. The molecule has 0 saturated heterocycles. The minimum Gasteiger partial charge on any atom is -0.310 e. The predicted molar refractivity (Wildman–Crippen MR) is 85.2 cm³/mol. The normalized spacial score (nSPS) is 12.4. The maximum atomic E-state index is 13.8. The van der Waals surface area contributed by atoms with Crippen molar-refractivity contribution in [3.05, 3.63) is 69.7 Å². The highest BCUT2D eigenvalue weighted by molar-refractivity contribution is 9.10. The second-order valence-corrected chi connectivity index (χ2v) is 5.83. The topological polar surface area (TPSA) is 12.0 Å². The van der Waals surface area contributed by atoms with Crippen molar-refractivity contribution >= 4 is 15.9 Å². The standard InChI is InChI=1S/C17H18BrF2N/c1-2-9-21-17(11-12-5-3-4-6-15(12)19)13-7-8-16(20)14(18)10-13/h3-8,10,17,21H,2,9,11H2,1H3. The van der Waals surface area contributed by atoms with Gasteiger partial charge in [-0.3, -0.25) is 0 Å². The monoisotopic (exact) mass is 353 g/mol. The molecule has 0 saturated carbocycles. The van der Waals surface area contributed by atoms with Crippen LogP contribution in [0.15, 0.2) is 46.9 Å². The van der Waals surface area contributed by atoms with Gasteiger partial charge >= 0.3 is 0 Å². The van der Waals surface area contributed by atoms with E-state index in [1.165, 1.54) is 12.1 Å². The molecule has 1 N–H and O–H groups in total. The Morgan fingerprint density at radius 2 is 1.86 bits per heavy atom. The first-order valence-electron chi connectivity index (χ1n) is 7.03. The van der Waals surface area contributed by atoms with Gasteiger partial charge in [-0.2, -0.15) is 0 Å². The van der Waals surface area contributed by atoms with Gasteiger partial charge in [0.25, 0.3) is 0 Å². The van der Waals surface area contributed by atoms with Crippen molar-refractivity contribution in [2.75, 3.05) is 6.54 Å². The number of hydrogen-bond donors (Lipinski definition) is 1. The highest BCUT2D eigenvalue weighted by Gasteiger charge is 2.15. The summed E-state index contributed by atoms with van der Waals surface area (Å²) in [5, 5.41) is 3.40. The summed E-state index contributed by atoms with van der Waals surface area (Å²) in [4.78, 5) is 0. The molecule has 0 radical (unpaired) electrons. The highest BCUT2D eigenvalue weighted by Crippen LogP contribution is 2.25. The summed E-state index contributed by atoms with van der Waals surface area (Å²) in [5.74, 6) is -0.499. The van der Waals surface area contributed by atoms with Crippen LogP contribution in [0.2, 0.25) is 0 Å². The van der Waals surface area contributed by atoms with Gasteiger partial charge < -0.3 is 5.32 Å². The fourth-order valence-corrected chi connectivity index (χ4v) is 2.64. The molecule has 4 heteroatoms. The molecule has 1 nitrogen and oxygen atoms in total. The summed E-state index contributed by atoms with van der Waals surface area (Å²) in [5.41, 5.74) is 1.60. The number of benzene rings is 2. The fraction of sp³-hybridized carbons (Fsp3) is 0.294. The number of hydrogen-bond acceptors (Lipinski definition) is 1. The van der Waals surface area contributed by atoms with Crippen LogP contribution in [0.25, 0.3) is 0 Å². The van der Waals surface area contributed by atoms with E-state index in [1.807, 2.05) is 6.07 Å². The van der Waals surface area contributed by atoms with Crippen LogP contribution in [0.5, 0.6) is 0 Å². The Labute approximate surface area is 132 Å². The van der Waals surface area contributed by atoms with Crippen molar-refractivity contribution in [1.29, 1.82) is 0 Å². The Morgan fingerprint density at radius 1 is 1.10 bits per heavy atom. The van der Waals surface area contributed by atoms with Gasteiger partial charge in [-0.05, 0) is 64.6 Å². The molecule has 2 rings (SSSR count). The lowest BCUT2D eigenvalue weighted by atomic mass is 9.98. The van der Waals surface area contributed by atoms with Gasteiger partial charge in [0.2, 0.25) is 0 Å². The lowest BCUT2D eigenvalue weighted by Gasteiger charge is -2.20. The molecule has 0 fully saturated rings. The summed E-state index contributed by atoms with van der Waals surface area (Å²) in [7, 11) is 0. The number of halogens is 3. The Morgan fingerprint density at radius 3 is 2.52 bits per heavy atom. The third kappa shape index (κ3) is 4.35. The minimum absolute atomic E-state index is 0.0428. The van der Waals surface area contributed by atoms with Crippen LogP contribution in [0.1, 0.15) is 30.5 Å². The van der Waals surface area contributed by atoms with E-state index in [4.69, 9.17) is 0 Å². The molecule has 0 amide bonds. The molecule has 0 spiro atoms. The maximum absolute atomic E-state index is 13.8. The molecule has 0 aliphatic carbocycles. The van der Waals surface area contributed by atoms with Gasteiger partial charge in [-0.25, -0.2) is 8.78 Å². The van der Waals surface area contributed by atoms with E-state index >= 15 is 0 Å². The summed E-state index contributed by atoms with van der Waals surface area (Å²) in [6.07, 6.45) is 1.51. The molecular formula is C17H18BrF2N. The van der Waals surface area contributed by atoms with E-state index in [1.54, 1.807) is 24.3 Å². The van der Waals surface area contributed by atoms with Crippen LogP contribution in [0.3, 0.4) is 0 Å². The van der Waals surface area contributed by atoms with Crippen molar-refractivity contribution in [1.82, 2.24) is 5.32 Å². The fourth-order valence-electron chi connectivity index (χ4n) is 2.24. The average molecular weight is 354 g/mol. The third-order valence-corrected chi connectivity index (χ3v) is 3.98. The predicted octanol–water partition coefficient (Wildman–Crippen LogP) is 5.01. The highest BCUT2D eigenvalue weighted by atomic mass is 79.9. The molecule has 1 atom stereocenters. The smallest absolute Gasteiger partial charge is 0.137 e. The maximum Gasteiger partial charge on any atom is 0.137 e. The summed E-state index contributed by atoms with van der Waals surface area (Å²) in [6, 6.07) is 11.6. The van der Waals surface area contributed by atoms with Crippen LogP contribution >= 0.6 is 15.9 Å². The quantitative estimate of drug-likeness (QED) is 0.769. The van der Waals surface area contributed by atoms with E-state index < -0.39 is 0 Å². The molecule has 0 aliphatic heterocycles. The largest absolute Gasteiger partial charge is 0.310 e. The molecule has 2 aromatic rings. The molecule has 0 bridgehead atoms. The van der Waals surface area contributed by atoms with Crippen LogP contribution in [-0.2, 0) is 6.42 Å².